The maximum Gasteiger partial charge on any atom is 0.256 e. The molecule has 1 aromatic heterocycles. The Morgan fingerprint density at radius 3 is 3.00 bits per heavy atom. The first-order valence-electron chi connectivity index (χ1n) is 6.50. The number of thiophene rings is 1. The standard InChI is InChI=1S/C15H15ClN2OS/c1-9-11-5-7-20-14(11)4-6-18(9)15(19)12-3-2-10(16)8-13(12)17/h2-3,5,7-9H,4,6,17H2,1H3. The molecule has 3 rings (SSSR count). The second kappa shape index (κ2) is 5.11. The predicted molar refractivity (Wildman–Crippen MR) is 83.3 cm³/mol. The van der Waals surface area contributed by atoms with Crippen molar-refractivity contribution < 1.29 is 4.79 Å². The van der Waals surface area contributed by atoms with E-state index in [0.717, 1.165) is 13.0 Å². The maximum atomic E-state index is 12.7. The van der Waals surface area contributed by atoms with Gasteiger partial charge in [0.2, 0.25) is 0 Å². The summed E-state index contributed by atoms with van der Waals surface area (Å²) >= 11 is 7.65. The molecule has 1 amide bonds. The van der Waals surface area contributed by atoms with Crippen LogP contribution in [0.4, 0.5) is 5.69 Å². The van der Waals surface area contributed by atoms with E-state index < -0.39 is 0 Å². The van der Waals surface area contributed by atoms with Crippen LogP contribution in [0.1, 0.15) is 33.8 Å². The fourth-order valence-electron chi connectivity index (χ4n) is 2.67. The molecule has 0 bridgehead atoms. The van der Waals surface area contributed by atoms with Gasteiger partial charge in [-0.3, -0.25) is 4.79 Å². The minimum atomic E-state index is -0.0245. The quantitative estimate of drug-likeness (QED) is 0.816. The number of rotatable bonds is 1. The van der Waals surface area contributed by atoms with Crippen LogP contribution in [0.3, 0.4) is 0 Å². The molecule has 0 saturated carbocycles. The van der Waals surface area contributed by atoms with Gasteiger partial charge >= 0.3 is 0 Å². The van der Waals surface area contributed by atoms with Gasteiger partial charge < -0.3 is 10.6 Å². The number of nitrogen functional groups attached to an aromatic ring is 1. The van der Waals surface area contributed by atoms with Crippen molar-refractivity contribution in [1.29, 1.82) is 0 Å². The third kappa shape index (κ3) is 2.19. The topological polar surface area (TPSA) is 46.3 Å². The minimum Gasteiger partial charge on any atom is -0.398 e. The molecule has 1 aliphatic rings. The first-order chi connectivity index (χ1) is 9.58. The Morgan fingerprint density at radius 2 is 2.25 bits per heavy atom. The van der Waals surface area contributed by atoms with Crippen molar-refractivity contribution in [2.24, 2.45) is 0 Å². The molecule has 1 aromatic carbocycles. The smallest absolute Gasteiger partial charge is 0.256 e. The number of halogens is 1. The Labute approximate surface area is 127 Å². The molecule has 20 heavy (non-hydrogen) atoms. The summed E-state index contributed by atoms with van der Waals surface area (Å²) in [6, 6.07) is 7.23. The lowest BCUT2D eigenvalue weighted by atomic mass is 10.00. The summed E-state index contributed by atoms with van der Waals surface area (Å²) in [7, 11) is 0. The van der Waals surface area contributed by atoms with Gasteiger partial charge in [0.15, 0.2) is 0 Å². The molecule has 3 nitrogen and oxygen atoms in total. The van der Waals surface area contributed by atoms with Crippen molar-refractivity contribution in [1.82, 2.24) is 4.90 Å². The van der Waals surface area contributed by atoms with Gasteiger partial charge in [-0.15, -0.1) is 11.3 Å². The van der Waals surface area contributed by atoms with Gasteiger partial charge in [0.25, 0.3) is 5.91 Å². The highest BCUT2D eigenvalue weighted by atomic mass is 35.5. The number of hydrogen-bond donors (Lipinski definition) is 1. The van der Waals surface area contributed by atoms with Crippen molar-refractivity contribution in [2.75, 3.05) is 12.3 Å². The molecular formula is C15H15ClN2OS. The molecule has 0 fully saturated rings. The highest BCUT2D eigenvalue weighted by molar-refractivity contribution is 7.10. The summed E-state index contributed by atoms with van der Waals surface area (Å²) in [5.41, 5.74) is 8.13. The lowest BCUT2D eigenvalue weighted by Crippen LogP contribution is -2.38. The van der Waals surface area contributed by atoms with E-state index >= 15 is 0 Å². The molecule has 2 aromatic rings. The number of amides is 1. The van der Waals surface area contributed by atoms with E-state index in [2.05, 4.69) is 18.4 Å². The highest BCUT2D eigenvalue weighted by Crippen LogP contribution is 2.34. The van der Waals surface area contributed by atoms with Gasteiger partial charge in [0.1, 0.15) is 0 Å². The van der Waals surface area contributed by atoms with Crippen LogP contribution >= 0.6 is 22.9 Å². The Balaban J connectivity index is 1.92. The van der Waals surface area contributed by atoms with Crippen LogP contribution in [-0.2, 0) is 6.42 Å². The Morgan fingerprint density at radius 1 is 1.45 bits per heavy atom. The minimum absolute atomic E-state index is 0.0245. The number of hydrogen-bond acceptors (Lipinski definition) is 3. The average Bonchev–Trinajstić information content (AvgIpc) is 2.87. The van der Waals surface area contributed by atoms with Crippen LogP contribution in [0.25, 0.3) is 0 Å². The number of carbonyl (C=O) groups is 1. The molecule has 0 aliphatic carbocycles. The normalized spacial score (nSPS) is 17.9. The van der Waals surface area contributed by atoms with Gasteiger partial charge in [-0.05, 0) is 48.6 Å². The maximum absolute atomic E-state index is 12.7. The van der Waals surface area contributed by atoms with Crippen molar-refractivity contribution in [3.63, 3.8) is 0 Å². The van der Waals surface area contributed by atoms with E-state index in [1.54, 1.807) is 29.5 Å². The number of carbonyl (C=O) groups excluding carboxylic acids is 1. The van der Waals surface area contributed by atoms with Crippen LogP contribution in [0, 0.1) is 0 Å². The van der Waals surface area contributed by atoms with Crippen LogP contribution in [-0.4, -0.2) is 17.4 Å². The van der Waals surface area contributed by atoms with E-state index in [9.17, 15) is 4.79 Å². The van der Waals surface area contributed by atoms with Crippen LogP contribution in [0.15, 0.2) is 29.6 Å². The Bertz CT molecular complexity index is 668. The van der Waals surface area contributed by atoms with E-state index in [1.165, 1.54) is 10.4 Å². The van der Waals surface area contributed by atoms with Crippen molar-refractivity contribution in [3.05, 3.63) is 50.7 Å². The zero-order valence-corrected chi connectivity index (χ0v) is 12.7. The molecule has 1 unspecified atom stereocenters. The summed E-state index contributed by atoms with van der Waals surface area (Å²) in [5.74, 6) is -0.0245. The first kappa shape index (κ1) is 13.5. The Kier molecular flexibility index (Phi) is 3.44. The lowest BCUT2D eigenvalue weighted by Gasteiger charge is -2.34. The molecule has 0 radical (unpaired) electrons. The van der Waals surface area contributed by atoms with Gasteiger partial charge in [-0.25, -0.2) is 0 Å². The van der Waals surface area contributed by atoms with Gasteiger partial charge in [-0.2, -0.15) is 0 Å². The number of nitrogens with two attached hydrogens (primary N) is 1. The summed E-state index contributed by atoms with van der Waals surface area (Å²) in [6.45, 7) is 2.80. The molecule has 2 heterocycles. The van der Waals surface area contributed by atoms with Crippen LogP contribution in [0.5, 0.6) is 0 Å². The highest BCUT2D eigenvalue weighted by Gasteiger charge is 2.29. The fourth-order valence-corrected chi connectivity index (χ4v) is 3.81. The molecule has 1 aliphatic heterocycles. The zero-order chi connectivity index (χ0) is 14.3. The number of nitrogens with zero attached hydrogens (tertiary/aromatic N) is 1. The van der Waals surface area contributed by atoms with E-state index in [0.29, 0.717) is 16.3 Å². The van der Waals surface area contributed by atoms with Gasteiger partial charge in [0.05, 0.1) is 11.6 Å². The SMILES string of the molecule is CC1c2ccsc2CCN1C(=O)c1ccc(Cl)cc1N. The molecular weight excluding hydrogens is 292 g/mol. The second-order valence-corrected chi connectivity index (χ2v) is 6.39. The summed E-state index contributed by atoms with van der Waals surface area (Å²) in [4.78, 5) is 15.9. The van der Waals surface area contributed by atoms with Crippen LogP contribution in [0.2, 0.25) is 5.02 Å². The summed E-state index contributed by atoms with van der Waals surface area (Å²) in [5, 5.41) is 2.64. The number of fused-ring (bicyclic) bond motifs is 1. The molecule has 0 saturated heterocycles. The number of anilines is 1. The van der Waals surface area contributed by atoms with Crippen LogP contribution < -0.4 is 5.73 Å². The van der Waals surface area contributed by atoms with E-state index in [-0.39, 0.29) is 11.9 Å². The van der Waals surface area contributed by atoms with Crippen molar-refractivity contribution >= 4 is 34.5 Å². The van der Waals surface area contributed by atoms with E-state index in [4.69, 9.17) is 17.3 Å². The third-order valence-corrected chi connectivity index (χ3v) is 5.01. The third-order valence-electron chi connectivity index (χ3n) is 3.78. The average molecular weight is 307 g/mol. The summed E-state index contributed by atoms with van der Waals surface area (Å²) in [6.07, 6.45) is 0.913. The molecule has 2 N–H and O–H groups in total. The lowest BCUT2D eigenvalue weighted by molar-refractivity contribution is 0.0680. The fraction of sp³-hybridized carbons (Fsp3) is 0.267. The second-order valence-electron chi connectivity index (χ2n) is 4.96. The van der Waals surface area contributed by atoms with Gasteiger partial charge in [0, 0.05) is 22.1 Å². The summed E-state index contributed by atoms with van der Waals surface area (Å²) < 4.78 is 0. The molecule has 1 atom stereocenters. The molecule has 104 valence electrons. The number of benzene rings is 1. The van der Waals surface area contributed by atoms with Crippen molar-refractivity contribution in [3.8, 4) is 0 Å². The van der Waals surface area contributed by atoms with Crippen molar-refractivity contribution in [2.45, 2.75) is 19.4 Å². The zero-order valence-electron chi connectivity index (χ0n) is 11.1. The van der Waals surface area contributed by atoms with E-state index in [1.807, 2.05) is 4.90 Å². The van der Waals surface area contributed by atoms with Gasteiger partial charge in [-0.1, -0.05) is 11.6 Å². The Hall–Kier alpha value is -1.52. The largest absolute Gasteiger partial charge is 0.398 e. The molecule has 0 spiro atoms. The predicted octanol–water partition coefficient (Wildman–Crippen LogP) is 3.74. The monoisotopic (exact) mass is 306 g/mol. The molecule has 5 heteroatoms. The first-order valence-corrected chi connectivity index (χ1v) is 7.76.